The monoisotopic (exact) mass is 328 g/mol. The summed E-state index contributed by atoms with van der Waals surface area (Å²) < 4.78 is 0. The number of pyridine rings is 1. The number of hydrogen-bond donors (Lipinski definition) is 1. The Labute approximate surface area is 142 Å². The molecule has 6 nitrogen and oxygen atoms in total. The Morgan fingerprint density at radius 2 is 2.08 bits per heavy atom. The lowest BCUT2D eigenvalue weighted by molar-refractivity contribution is -0.131. The number of likely N-dealkylation sites (tertiary alicyclic amines) is 2. The number of nitrogens with zero attached hydrogens (tertiary/aromatic N) is 3. The van der Waals surface area contributed by atoms with Gasteiger partial charge in [-0.1, -0.05) is 6.07 Å². The van der Waals surface area contributed by atoms with Crippen molar-refractivity contribution in [3.8, 4) is 0 Å². The van der Waals surface area contributed by atoms with Gasteiger partial charge in [0.25, 0.3) is 0 Å². The first kappa shape index (κ1) is 15.4. The minimum absolute atomic E-state index is 0.0585. The fraction of sp³-hybridized carbons (Fsp3) is 0.611. The number of piperidine rings is 1. The third-order valence-electron chi connectivity index (χ3n) is 5.90. The average molecular weight is 328 g/mol. The van der Waals surface area contributed by atoms with E-state index in [0.29, 0.717) is 6.04 Å². The van der Waals surface area contributed by atoms with Crippen molar-refractivity contribution in [2.45, 2.75) is 49.6 Å². The number of aromatic nitrogens is 1. The van der Waals surface area contributed by atoms with E-state index in [0.717, 1.165) is 50.8 Å². The van der Waals surface area contributed by atoms with E-state index in [1.165, 1.54) is 0 Å². The summed E-state index contributed by atoms with van der Waals surface area (Å²) >= 11 is 0. The molecule has 1 aliphatic carbocycles. The van der Waals surface area contributed by atoms with Crippen LogP contribution in [0, 0.1) is 0 Å². The minimum Gasteiger partial charge on any atom is -0.339 e. The Balaban J connectivity index is 1.44. The summed E-state index contributed by atoms with van der Waals surface area (Å²) in [6.07, 6.45) is 8.27. The van der Waals surface area contributed by atoms with Crippen molar-refractivity contribution < 1.29 is 9.59 Å². The SMILES string of the molecule is CN1C(=O)C(c2cccnc2)CC12CCN(C(=O)NC1CC1)CC2. The maximum absolute atomic E-state index is 12.8. The molecule has 3 aliphatic rings. The Kier molecular flexibility index (Phi) is 3.70. The molecular weight excluding hydrogens is 304 g/mol. The summed E-state index contributed by atoms with van der Waals surface area (Å²) in [5.41, 5.74) is 0.883. The van der Waals surface area contributed by atoms with Gasteiger partial charge < -0.3 is 15.1 Å². The maximum Gasteiger partial charge on any atom is 0.317 e. The number of amides is 3. The second-order valence-corrected chi connectivity index (χ2v) is 7.38. The molecule has 1 N–H and O–H groups in total. The minimum atomic E-state index is -0.117. The van der Waals surface area contributed by atoms with Gasteiger partial charge in [-0.25, -0.2) is 4.79 Å². The molecule has 3 fully saturated rings. The standard InChI is InChI=1S/C18H24N4O2/c1-21-16(23)15(13-3-2-8-19-12-13)11-18(21)6-9-22(10-7-18)17(24)20-14-4-5-14/h2-3,8,12,14-15H,4-7,9-11H2,1H3,(H,20,24). The van der Waals surface area contributed by atoms with Crippen LogP contribution in [0.1, 0.15) is 43.6 Å². The van der Waals surface area contributed by atoms with E-state index in [1.807, 2.05) is 29.0 Å². The second kappa shape index (κ2) is 5.76. The van der Waals surface area contributed by atoms with E-state index in [2.05, 4.69) is 10.3 Å². The van der Waals surface area contributed by atoms with Gasteiger partial charge in [-0.15, -0.1) is 0 Å². The van der Waals surface area contributed by atoms with E-state index in [9.17, 15) is 9.59 Å². The van der Waals surface area contributed by atoms with E-state index >= 15 is 0 Å². The molecule has 3 amide bonds. The number of nitrogens with one attached hydrogen (secondary N) is 1. The Morgan fingerprint density at radius 3 is 2.71 bits per heavy atom. The molecule has 1 unspecified atom stereocenters. The van der Waals surface area contributed by atoms with Crippen molar-refractivity contribution in [3.05, 3.63) is 30.1 Å². The number of urea groups is 1. The van der Waals surface area contributed by atoms with Crippen LogP contribution in [0.3, 0.4) is 0 Å². The van der Waals surface area contributed by atoms with Crippen LogP contribution in [0.2, 0.25) is 0 Å². The van der Waals surface area contributed by atoms with Crippen LogP contribution in [-0.4, -0.2) is 58.4 Å². The summed E-state index contributed by atoms with van der Waals surface area (Å²) in [5, 5.41) is 3.06. The third-order valence-corrected chi connectivity index (χ3v) is 5.90. The molecule has 3 heterocycles. The van der Waals surface area contributed by atoms with Crippen LogP contribution in [0.25, 0.3) is 0 Å². The highest BCUT2D eigenvalue weighted by atomic mass is 16.2. The molecule has 1 aromatic rings. The summed E-state index contributed by atoms with van der Waals surface area (Å²) in [4.78, 5) is 33.0. The van der Waals surface area contributed by atoms with E-state index in [1.54, 1.807) is 12.4 Å². The lowest BCUT2D eigenvalue weighted by atomic mass is 9.81. The Bertz CT molecular complexity index is 636. The number of likely N-dealkylation sites (N-methyl/N-ethyl adjacent to an activating group) is 1. The van der Waals surface area contributed by atoms with Crippen molar-refractivity contribution in [1.82, 2.24) is 20.1 Å². The van der Waals surface area contributed by atoms with Crippen molar-refractivity contribution in [3.63, 3.8) is 0 Å². The molecule has 4 rings (SSSR count). The van der Waals surface area contributed by atoms with Gasteiger partial charge in [0.2, 0.25) is 5.91 Å². The lowest BCUT2D eigenvalue weighted by Crippen LogP contribution is -2.54. The van der Waals surface area contributed by atoms with Crippen molar-refractivity contribution in [1.29, 1.82) is 0 Å². The molecule has 2 aliphatic heterocycles. The molecule has 24 heavy (non-hydrogen) atoms. The fourth-order valence-corrected chi connectivity index (χ4v) is 4.07. The topological polar surface area (TPSA) is 65.5 Å². The molecule has 2 saturated heterocycles. The van der Waals surface area contributed by atoms with Gasteiger partial charge >= 0.3 is 6.03 Å². The zero-order valence-corrected chi connectivity index (χ0v) is 14.1. The Morgan fingerprint density at radius 1 is 1.33 bits per heavy atom. The van der Waals surface area contributed by atoms with E-state index in [4.69, 9.17) is 0 Å². The van der Waals surface area contributed by atoms with Crippen molar-refractivity contribution >= 4 is 11.9 Å². The van der Waals surface area contributed by atoms with Crippen LogP contribution in [0.5, 0.6) is 0 Å². The van der Waals surface area contributed by atoms with Crippen molar-refractivity contribution in [2.75, 3.05) is 20.1 Å². The summed E-state index contributed by atoms with van der Waals surface area (Å²) in [7, 11) is 1.92. The van der Waals surface area contributed by atoms with Gasteiger partial charge in [-0.3, -0.25) is 9.78 Å². The van der Waals surface area contributed by atoms with Gasteiger partial charge in [0.15, 0.2) is 0 Å². The van der Waals surface area contributed by atoms with Crippen LogP contribution < -0.4 is 5.32 Å². The molecule has 128 valence electrons. The highest BCUT2D eigenvalue weighted by Gasteiger charge is 2.51. The highest BCUT2D eigenvalue weighted by molar-refractivity contribution is 5.87. The van der Waals surface area contributed by atoms with E-state index < -0.39 is 0 Å². The van der Waals surface area contributed by atoms with Gasteiger partial charge in [0, 0.05) is 44.1 Å². The zero-order chi connectivity index (χ0) is 16.7. The predicted molar refractivity (Wildman–Crippen MR) is 89.5 cm³/mol. The normalized spacial score (nSPS) is 26.0. The summed E-state index contributed by atoms with van der Waals surface area (Å²) in [6, 6.07) is 4.32. The molecule has 0 radical (unpaired) electrons. The number of carbonyl (C=O) groups is 2. The van der Waals surface area contributed by atoms with Crippen LogP contribution in [0.15, 0.2) is 24.5 Å². The first-order valence-electron chi connectivity index (χ1n) is 8.82. The van der Waals surface area contributed by atoms with Crippen LogP contribution >= 0.6 is 0 Å². The highest BCUT2D eigenvalue weighted by Crippen LogP contribution is 2.44. The second-order valence-electron chi connectivity index (χ2n) is 7.38. The molecule has 0 aromatic carbocycles. The molecule has 1 aromatic heterocycles. The quantitative estimate of drug-likeness (QED) is 0.899. The first-order valence-corrected chi connectivity index (χ1v) is 8.82. The van der Waals surface area contributed by atoms with Gasteiger partial charge in [-0.2, -0.15) is 0 Å². The molecule has 1 atom stereocenters. The molecular formula is C18H24N4O2. The van der Waals surface area contributed by atoms with Gasteiger partial charge in [-0.05, 0) is 43.7 Å². The largest absolute Gasteiger partial charge is 0.339 e. The number of hydrogen-bond acceptors (Lipinski definition) is 3. The summed E-state index contributed by atoms with van der Waals surface area (Å²) in [5.74, 6) is 0.0782. The fourth-order valence-electron chi connectivity index (χ4n) is 4.07. The zero-order valence-electron chi connectivity index (χ0n) is 14.1. The molecule has 1 saturated carbocycles. The van der Waals surface area contributed by atoms with Crippen LogP contribution in [0.4, 0.5) is 4.79 Å². The summed E-state index contributed by atoms with van der Waals surface area (Å²) in [6.45, 7) is 1.44. The van der Waals surface area contributed by atoms with Crippen molar-refractivity contribution in [2.24, 2.45) is 0 Å². The number of rotatable bonds is 2. The molecule has 0 bridgehead atoms. The average Bonchev–Trinajstić information content (AvgIpc) is 3.39. The first-order chi connectivity index (χ1) is 11.6. The van der Waals surface area contributed by atoms with E-state index in [-0.39, 0.29) is 23.4 Å². The van der Waals surface area contributed by atoms with Gasteiger partial charge in [0.05, 0.1) is 5.92 Å². The molecule has 1 spiro atoms. The lowest BCUT2D eigenvalue weighted by Gasteiger charge is -2.43. The maximum atomic E-state index is 12.8. The van der Waals surface area contributed by atoms with Crippen LogP contribution in [-0.2, 0) is 4.79 Å². The smallest absolute Gasteiger partial charge is 0.317 e. The predicted octanol–water partition coefficient (Wildman–Crippen LogP) is 1.73. The van der Waals surface area contributed by atoms with Gasteiger partial charge in [0.1, 0.15) is 0 Å². The molecule has 6 heteroatoms. The third kappa shape index (κ3) is 2.64. The number of carbonyl (C=O) groups excluding carboxylic acids is 2. The Hall–Kier alpha value is -2.11.